The van der Waals surface area contributed by atoms with Crippen molar-refractivity contribution in [3.63, 3.8) is 0 Å². The first-order valence-corrected chi connectivity index (χ1v) is 6.81. The number of rotatable bonds is 5. The predicted molar refractivity (Wildman–Crippen MR) is 68.7 cm³/mol. The highest BCUT2D eigenvalue weighted by Crippen LogP contribution is 2.26. The highest BCUT2D eigenvalue weighted by atomic mass is 32.2. The molecule has 4 heteroatoms. The van der Waals surface area contributed by atoms with E-state index in [9.17, 15) is 9.50 Å². The number of hydrogen-bond acceptors (Lipinski definition) is 3. The lowest BCUT2D eigenvalue weighted by molar-refractivity contribution is 0.177. The molecule has 2 rings (SSSR count). The molecule has 0 radical (unpaired) electrons. The summed E-state index contributed by atoms with van der Waals surface area (Å²) in [5.41, 5.74) is 0.612. The molecule has 0 saturated heterocycles. The van der Waals surface area contributed by atoms with Crippen LogP contribution in [0.25, 0.3) is 11.0 Å². The van der Waals surface area contributed by atoms with Crippen LogP contribution in [0.2, 0.25) is 0 Å². The van der Waals surface area contributed by atoms with Crippen molar-refractivity contribution in [3.05, 3.63) is 35.8 Å². The van der Waals surface area contributed by atoms with Gasteiger partial charge >= 0.3 is 0 Å². The molecule has 2 nitrogen and oxygen atoms in total. The van der Waals surface area contributed by atoms with Crippen LogP contribution < -0.4 is 0 Å². The van der Waals surface area contributed by atoms with Gasteiger partial charge in [-0.05, 0) is 36.4 Å². The lowest BCUT2D eigenvalue weighted by atomic mass is 10.2. The van der Waals surface area contributed by atoms with Gasteiger partial charge in [-0.3, -0.25) is 0 Å². The number of fused-ring (bicyclic) bond motifs is 1. The van der Waals surface area contributed by atoms with Crippen LogP contribution >= 0.6 is 11.8 Å². The van der Waals surface area contributed by atoms with E-state index in [-0.39, 0.29) is 5.82 Å². The molecule has 1 aromatic carbocycles. The van der Waals surface area contributed by atoms with Crippen molar-refractivity contribution >= 4 is 22.7 Å². The van der Waals surface area contributed by atoms with Gasteiger partial charge in [-0.15, -0.1) is 0 Å². The monoisotopic (exact) mass is 254 g/mol. The van der Waals surface area contributed by atoms with Gasteiger partial charge in [0.25, 0.3) is 0 Å². The van der Waals surface area contributed by atoms with E-state index < -0.39 is 6.10 Å². The van der Waals surface area contributed by atoms with Gasteiger partial charge in [0.1, 0.15) is 23.3 Å². The van der Waals surface area contributed by atoms with Crippen LogP contribution in [-0.2, 0) is 0 Å². The highest BCUT2D eigenvalue weighted by molar-refractivity contribution is 7.99. The van der Waals surface area contributed by atoms with Gasteiger partial charge in [-0.1, -0.05) is 6.92 Å². The van der Waals surface area contributed by atoms with Crippen molar-refractivity contribution < 1.29 is 13.9 Å². The Morgan fingerprint density at radius 3 is 3.00 bits per heavy atom. The van der Waals surface area contributed by atoms with Crippen LogP contribution in [0.4, 0.5) is 4.39 Å². The van der Waals surface area contributed by atoms with Crippen molar-refractivity contribution in [2.75, 3.05) is 11.5 Å². The molecular weight excluding hydrogens is 239 g/mol. The molecule has 17 heavy (non-hydrogen) atoms. The molecular formula is C13H15FO2S. The van der Waals surface area contributed by atoms with E-state index >= 15 is 0 Å². The number of halogens is 1. The van der Waals surface area contributed by atoms with E-state index in [1.54, 1.807) is 23.9 Å². The van der Waals surface area contributed by atoms with E-state index in [0.29, 0.717) is 22.5 Å². The third-order valence-corrected chi connectivity index (χ3v) is 3.70. The quantitative estimate of drug-likeness (QED) is 0.825. The summed E-state index contributed by atoms with van der Waals surface area (Å²) in [4.78, 5) is 0. The summed E-state index contributed by atoms with van der Waals surface area (Å²) in [6, 6.07) is 6.05. The minimum atomic E-state index is -0.623. The zero-order valence-corrected chi connectivity index (χ0v) is 10.5. The van der Waals surface area contributed by atoms with Gasteiger partial charge in [-0.2, -0.15) is 11.8 Å². The second-order valence-corrected chi connectivity index (χ2v) is 5.07. The van der Waals surface area contributed by atoms with E-state index in [1.165, 1.54) is 12.1 Å². The molecule has 1 unspecified atom stereocenters. The number of thioether (sulfide) groups is 1. The Labute approximate surface area is 104 Å². The second kappa shape index (κ2) is 5.56. The number of aliphatic hydroxyl groups is 1. The van der Waals surface area contributed by atoms with Gasteiger partial charge in [0, 0.05) is 11.1 Å². The molecule has 0 aliphatic rings. The number of benzene rings is 1. The van der Waals surface area contributed by atoms with Crippen molar-refractivity contribution in [1.29, 1.82) is 0 Å². The maximum absolute atomic E-state index is 13.0. The summed E-state index contributed by atoms with van der Waals surface area (Å²) in [5.74, 6) is 1.84. The Kier molecular flexibility index (Phi) is 4.07. The largest absolute Gasteiger partial charge is 0.458 e. The average Bonchev–Trinajstić information content (AvgIpc) is 2.72. The summed E-state index contributed by atoms with van der Waals surface area (Å²) in [6.07, 6.45) is 0.463. The third kappa shape index (κ3) is 3.01. The van der Waals surface area contributed by atoms with Crippen LogP contribution in [0, 0.1) is 5.82 Å². The topological polar surface area (TPSA) is 33.4 Å². The average molecular weight is 254 g/mol. The number of furan rings is 1. The predicted octanol–water partition coefficient (Wildman–Crippen LogP) is 3.75. The smallest absolute Gasteiger partial charge is 0.134 e. The molecule has 92 valence electrons. The first-order chi connectivity index (χ1) is 8.20. The molecule has 0 fully saturated rings. The van der Waals surface area contributed by atoms with Crippen LogP contribution in [-0.4, -0.2) is 16.6 Å². The fraction of sp³-hybridized carbons (Fsp3) is 0.385. The standard InChI is InChI=1S/C13H15FO2S/c1-2-5-17-8-11(15)13-7-9-6-10(14)3-4-12(9)16-13/h3-4,6-7,11,15H,2,5,8H2,1H3. The van der Waals surface area contributed by atoms with Crippen LogP contribution in [0.3, 0.4) is 0 Å². The minimum absolute atomic E-state index is 0.292. The van der Waals surface area contributed by atoms with E-state index in [1.807, 2.05) is 0 Å². The lowest BCUT2D eigenvalue weighted by Crippen LogP contribution is -1.99. The van der Waals surface area contributed by atoms with Crippen molar-refractivity contribution in [2.45, 2.75) is 19.4 Å². The van der Waals surface area contributed by atoms with Crippen molar-refractivity contribution in [2.24, 2.45) is 0 Å². The van der Waals surface area contributed by atoms with Crippen LogP contribution in [0.5, 0.6) is 0 Å². The fourth-order valence-electron chi connectivity index (χ4n) is 1.62. The van der Waals surface area contributed by atoms with Gasteiger partial charge < -0.3 is 9.52 Å². The van der Waals surface area contributed by atoms with E-state index in [4.69, 9.17) is 4.42 Å². The molecule has 0 bridgehead atoms. The van der Waals surface area contributed by atoms with Gasteiger partial charge in [-0.25, -0.2) is 4.39 Å². The Hall–Kier alpha value is -1.00. The Morgan fingerprint density at radius 1 is 1.41 bits per heavy atom. The molecule has 0 aliphatic carbocycles. The molecule has 0 amide bonds. The summed E-state index contributed by atoms with van der Waals surface area (Å²) in [6.45, 7) is 2.10. The molecule has 1 N–H and O–H groups in total. The SMILES string of the molecule is CCCSCC(O)c1cc2cc(F)ccc2o1. The summed E-state index contributed by atoms with van der Waals surface area (Å²) < 4.78 is 18.5. The fourth-order valence-corrected chi connectivity index (χ4v) is 2.46. The molecule has 0 aliphatic heterocycles. The summed E-state index contributed by atoms with van der Waals surface area (Å²) >= 11 is 1.69. The van der Waals surface area contributed by atoms with Crippen LogP contribution in [0.1, 0.15) is 25.2 Å². The Bertz CT molecular complexity index is 495. The normalized spacial score (nSPS) is 13.1. The Morgan fingerprint density at radius 2 is 2.24 bits per heavy atom. The van der Waals surface area contributed by atoms with E-state index in [2.05, 4.69) is 6.92 Å². The summed E-state index contributed by atoms with van der Waals surface area (Å²) in [5, 5.41) is 10.6. The zero-order chi connectivity index (χ0) is 12.3. The molecule has 0 saturated carbocycles. The number of hydrogen-bond donors (Lipinski definition) is 1. The van der Waals surface area contributed by atoms with Gasteiger partial charge in [0.05, 0.1) is 0 Å². The number of aliphatic hydroxyl groups excluding tert-OH is 1. The minimum Gasteiger partial charge on any atom is -0.458 e. The summed E-state index contributed by atoms with van der Waals surface area (Å²) in [7, 11) is 0. The molecule has 1 aromatic heterocycles. The first kappa shape index (κ1) is 12.5. The second-order valence-electron chi connectivity index (χ2n) is 3.92. The van der Waals surface area contributed by atoms with Gasteiger partial charge in [0.15, 0.2) is 0 Å². The maximum atomic E-state index is 13.0. The highest BCUT2D eigenvalue weighted by Gasteiger charge is 2.13. The molecule has 1 heterocycles. The van der Waals surface area contributed by atoms with Gasteiger partial charge in [0.2, 0.25) is 0 Å². The molecule has 0 spiro atoms. The van der Waals surface area contributed by atoms with Crippen molar-refractivity contribution in [3.8, 4) is 0 Å². The van der Waals surface area contributed by atoms with Crippen LogP contribution in [0.15, 0.2) is 28.7 Å². The lowest BCUT2D eigenvalue weighted by Gasteiger charge is -2.05. The van der Waals surface area contributed by atoms with E-state index in [0.717, 1.165) is 12.2 Å². The molecule has 2 aromatic rings. The molecule has 1 atom stereocenters. The first-order valence-electron chi connectivity index (χ1n) is 5.65. The zero-order valence-electron chi connectivity index (χ0n) is 9.65. The van der Waals surface area contributed by atoms with Crippen molar-refractivity contribution in [1.82, 2.24) is 0 Å². The maximum Gasteiger partial charge on any atom is 0.134 e. The third-order valence-electron chi connectivity index (χ3n) is 2.45. The Balaban J connectivity index is 2.12.